The quantitative estimate of drug-likeness (QED) is 0.802. The number of aromatic nitrogens is 1. The molecule has 0 saturated heterocycles. The minimum Gasteiger partial charge on any atom is -0.486 e. The van der Waals surface area contributed by atoms with Gasteiger partial charge in [0.1, 0.15) is 12.4 Å². The molecule has 0 aliphatic rings. The Morgan fingerprint density at radius 2 is 2.07 bits per heavy atom. The van der Waals surface area contributed by atoms with Gasteiger partial charge in [0, 0.05) is 0 Å². The molecule has 2 rings (SSSR count). The number of nitrogens with two attached hydrogens (primary N) is 1. The standard InChI is InChI=1S/C10H10N2O2/c11-10-12-6-9(14-10)7-13-8-4-2-1-3-5-8/h1-6H,7H2,(H2,11,12). The van der Waals surface area contributed by atoms with Crippen molar-refractivity contribution in [1.82, 2.24) is 4.98 Å². The van der Waals surface area contributed by atoms with Crippen molar-refractivity contribution >= 4 is 6.01 Å². The van der Waals surface area contributed by atoms with Gasteiger partial charge in [0.25, 0.3) is 6.01 Å². The predicted molar refractivity (Wildman–Crippen MR) is 51.7 cm³/mol. The topological polar surface area (TPSA) is 61.3 Å². The number of nitrogen functional groups attached to an aromatic ring is 1. The first kappa shape index (κ1) is 8.62. The molecule has 0 spiro atoms. The van der Waals surface area contributed by atoms with Crippen LogP contribution in [0.3, 0.4) is 0 Å². The van der Waals surface area contributed by atoms with Crippen LogP contribution in [0.2, 0.25) is 0 Å². The van der Waals surface area contributed by atoms with Gasteiger partial charge >= 0.3 is 0 Å². The second kappa shape index (κ2) is 3.83. The van der Waals surface area contributed by atoms with Gasteiger partial charge in [-0.3, -0.25) is 0 Å². The molecule has 0 unspecified atom stereocenters. The van der Waals surface area contributed by atoms with Crippen LogP contribution >= 0.6 is 0 Å². The van der Waals surface area contributed by atoms with Crippen LogP contribution in [0.5, 0.6) is 5.75 Å². The molecule has 0 aliphatic heterocycles. The fraction of sp³-hybridized carbons (Fsp3) is 0.100. The van der Waals surface area contributed by atoms with Crippen molar-refractivity contribution < 1.29 is 9.15 Å². The van der Waals surface area contributed by atoms with E-state index < -0.39 is 0 Å². The summed E-state index contributed by atoms with van der Waals surface area (Å²) in [5.41, 5.74) is 5.31. The SMILES string of the molecule is Nc1ncc(COc2ccccc2)o1. The van der Waals surface area contributed by atoms with E-state index in [1.165, 1.54) is 0 Å². The molecule has 4 heteroatoms. The number of rotatable bonds is 3. The van der Waals surface area contributed by atoms with E-state index in [2.05, 4.69) is 4.98 Å². The number of hydrogen-bond acceptors (Lipinski definition) is 4. The fourth-order valence-corrected chi connectivity index (χ4v) is 1.06. The Bertz CT molecular complexity index is 398. The minimum absolute atomic E-state index is 0.164. The van der Waals surface area contributed by atoms with Crippen LogP contribution in [0.25, 0.3) is 0 Å². The van der Waals surface area contributed by atoms with Crippen molar-refractivity contribution in [3.05, 3.63) is 42.3 Å². The third-order valence-electron chi connectivity index (χ3n) is 1.70. The molecular weight excluding hydrogens is 180 g/mol. The zero-order valence-electron chi connectivity index (χ0n) is 7.51. The van der Waals surface area contributed by atoms with E-state index in [1.807, 2.05) is 30.3 Å². The maximum atomic E-state index is 5.42. The average Bonchev–Trinajstić information content (AvgIpc) is 2.63. The normalized spacial score (nSPS) is 10.0. The number of anilines is 1. The molecule has 0 fully saturated rings. The van der Waals surface area contributed by atoms with Crippen molar-refractivity contribution in [1.29, 1.82) is 0 Å². The molecule has 4 nitrogen and oxygen atoms in total. The summed E-state index contributed by atoms with van der Waals surface area (Å²) in [6.07, 6.45) is 1.55. The van der Waals surface area contributed by atoms with Gasteiger partial charge in [0.05, 0.1) is 6.20 Å². The van der Waals surface area contributed by atoms with Crippen molar-refractivity contribution in [3.63, 3.8) is 0 Å². The molecule has 2 aromatic rings. The van der Waals surface area contributed by atoms with Crippen LogP contribution in [0.15, 0.2) is 40.9 Å². The summed E-state index contributed by atoms with van der Waals surface area (Å²) in [7, 11) is 0. The van der Waals surface area contributed by atoms with Gasteiger partial charge in [0.2, 0.25) is 0 Å². The Morgan fingerprint density at radius 3 is 2.71 bits per heavy atom. The van der Waals surface area contributed by atoms with Crippen molar-refractivity contribution in [2.24, 2.45) is 0 Å². The van der Waals surface area contributed by atoms with Gasteiger partial charge in [-0.05, 0) is 12.1 Å². The van der Waals surface area contributed by atoms with E-state index >= 15 is 0 Å². The smallest absolute Gasteiger partial charge is 0.292 e. The summed E-state index contributed by atoms with van der Waals surface area (Å²) in [6, 6.07) is 9.66. The van der Waals surface area contributed by atoms with Crippen LogP contribution in [-0.4, -0.2) is 4.98 Å². The highest BCUT2D eigenvalue weighted by Crippen LogP contribution is 2.12. The molecule has 72 valence electrons. The lowest BCUT2D eigenvalue weighted by Gasteiger charge is -2.01. The van der Waals surface area contributed by atoms with Crippen molar-refractivity contribution in [3.8, 4) is 5.75 Å². The summed E-state index contributed by atoms with van der Waals surface area (Å²) in [5, 5.41) is 0. The average molecular weight is 190 g/mol. The van der Waals surface area contributed by atoms with Gasteiger partial charge in [-0.15, -0.1) is 0 Å². The Morgan fingerprint density at radius 1 is 1.29 bits per heavy atom. The Kier molecular flexibility index (Phi) is 2.36. The van der Waals surface area contributed by atoms with Gasteiger partial charge < -0.3 is 14.9 Å². The number of ether oxygens (including phenoxy) is 1. The third kappa shape index (κ3) is 2.04. The monoisotopic (exact) mass is 190 g/mol. The molecular formula is C10H10N2O2. The van der Waals surface area contributed by atoms with Crippen molar-refractivity contribution in [2.45, 2.75) is 6.61 Å². The Hall–Kier alpha value is -1.97. The zero-order valence-corrected chi connectivity index (χ0v) is 7.51. The molecule has 14 heavy (non-hydrogen) atoms. The van der Waals surface area contributed by atoms with Crippen molar-refractivity contribution in [2.75, 3.05) is 5.73 Å². The molecule has 0 aliphatic carbocycles. The van der Waals surface area contributed by atoms with Gasteiger partial charge in [0.15, 0.2) is 5.76 Å². The lowest BCUT2D eigenvalue weighted by atomic mass is 10.3. The van der Waals surface area contributed by atoms with E-state index in [1.54, 1.807) is 6.20 Å². The largest absolute Gasteiger partial charge is 0.486 e. The molecule has 0 atom stereocenters. The highest BCUT2D eigenvalue weighted by molar-refractivity contribution is 5.21. The maximum Gasteiger partial charge on any atom is 0.292 e. The summed E-state index contributed by atoms with van der Waals surface area (Å²) in [4.78, 5) is 3.76. The van der Waals surface area contributed by atoms with E-state index in [0.717, 1.165) is 5.75 Å². The molecule has 0 bridgehead atoms. The molecule has 0 radical (unpaired) electrons. The fourth-order valence-electron chi connectivity index (χ4n) is 1.06. The van der Waals surface area contributed by atoms with Crippen LogP contribution in [-0.2, 0) is 6.61 Å². The summed E-state index contributed by atoms with van der Waals surface area (Å²) in [6.45, 7) is 0.341. The van der Waals surface area contributed by atoms with E-state index in [4.69, 9.17) is 14.9 Å². The molecule has 1 aromatic heterocycles. The Balaban J connectivity index is 1.95. The van der Waals surface area contributed by atoms with Gasteiger partial charge in [-0.25, -0.2) is 4.98 Å². The second-order valence-corrected chi connectivity index (χ2v) is 2.77. The molecule has 0 saturated carbocycles. The lowest BCUT2D eigenvalue weighted by Crippen LogP contribution is -1.93. The summed E-state index contributed by atoms with van der Waals surface area (Å²) in [5.74, 6) is 1.41. The van der Waals surface area contributed by atoms with Crippen LogP contribution in [0.4, 0.5) is 6.01 Å². The third-order valence-corrected chi connectivity index (χ3v) is 1.70. The first-order valence-corrected chi connectivity index (χ1v) is 4.22. The van der Waals surface area contributed by atoms with Crippen LogP contribution in [0.1, 0.15) is 5.76 Å². The minimum atomic E-state index is 0.164. The van der Waals surface area contributed by atoms with E-state index in [-0.39, 0.29) is 6.01 Å². The molecule has 1 aromatic carbocycles. The number of hydrogen-bond donors (Lipinski definition) is 1. The highest BCUT2D eigenvalue weighted by Gasteiger charge is 2.00. The number of oxazole rings is 1. The van der Waals surface area contributed by atoms with E-state index in [0.29, 0.717) is 12.4 Å². The summed E-state index contributed by atoms with van der Waals surface area (Å²) >= 11 is 0. The summed E-state index contributed by atoms with van der Waals surface area (Å²) < 4.78 is 10.5. The highest BCUT2D eigenvalue weighted by atomic mass is 16.5. The van der Waals surface area contributed by atoms with Gasteiger partial charge in [-0.2, -0.15) is 0 Å². The number of nitrogens with zero attached hydrogens (tertiary/aromatic N) is 1. The number of para-hydroxylation sites is 1. The molecule has 0 amide bonds. The van der Waals surface area contributed by atoms with Gasteiger partial charge in [-0.1, -0.05) is 18.2 Å². The lowest BCUT2D eigenvalue weighted by molar-refractivity contribution is 0.272. The first-order valence-electron chi connectivity index (χ1n) is 4.22. The predicted octanol–water partition coefficient (Wildman–Crippen LogP) is 1.84. The van der Waals surface area contributed by atoms with Crippen LogP contribution < -0.4 is 10.5 Å². The second-order valence-electron chi connectivity index (χ2n) is 2.77. The molecule has 1 heterocycles. The van der Waals surface area contributed by atoms with Crippen LogP contribution in [0, 0.1) is 0 Å². The van der Waals surface area contributed by atoms with E-state index in [9.17, 15) is 0 Å². The zero-order chi connectivity index (χ0) is 9.80. The maximum absolute atomic E-state index is 5.42. The first-order chi connectivity index (χ1) is 6.84. The number of benzene rings is 1. The molecule has 2 N–H and O–H groups in total. The Labute approximate surface area is 81.3 Å².